The third kappa shape index (κ3) is 8.64. The van der Waals surface area contributed by atoms with Crippen LogP contribution in [0.2, 0.25) is 0 Å². The smallest absolute Gasteiger partial charge is 0.378 e. The predicted octanol–water partition coefficient (Wildman–Crippen LogP) is 5.84. The zero-order valence-electron chi connectivity index (χ0n) is 20.7. The molecule has 1 N–H and O–H groups in total. The van der Waals surface area contributed by atoms with Crippen LogP contribution >= 0.6 is 11.8 Å². The van der Waals surface area contributed by atoms with Crippen LogP contribution in [-0.4, -0.2) is 63.6 Å². The lowest BCUT2D eigenvalue weighted by molar-refractivity contribution is -0.130. The number of halogens is 6. The Kier molecular flexibility index (Phi) is 9.99. The van der Waals surface area contributed by atoms with E-state index < -0.39 is 50.3 Å². The summed E-state index contributed by atoms with van der Waals surface area (Å²) >= 11 is 0.419. The molecule has 0 bridgehead atoms. The number of rotatable bonds is 8. The van der Waals surface area contributed by atoms with Crippen molar-refractivity contribution in [3.63, 3.8) is 0 Å². The number of nitrogens with zero attached hydrogens (tertiary/aromatic N) is 1. The lowest BCUT2D eigenvalue weighted by atomic mass is 9.93. The number of hydrogen-bond donors (Lipinski definition) is 1. The van der Waals surface area contributed by atoms with Crippen molar-refractivity contribution in [3.05, 3.63) is 70.7 Å². The highest BCUT2D eigenvalue weighted by Crippen LogP contribution is 2.49. The molecule has 0 saturated carbocycles. The number of thioether (sulfide) groups is 1. The molecule has 1 aliphatic carbocycles. The quantitative estimate of drug-likeness (QED) is 0.302. The number of ether oxygens (including phenoxy) is 1. The Morgan fingerprint density at radius 3 is 2.46 bits per heavy atom. The fraction of sp³-hybridized carbons (Fsp3) is 0.400. The Bertz CT molecular complexity index is 1280. The molecule has 1 saturated heterocycles. The summed E-state index contributed by atoms with van der Waals surface area (Å²) < 4.78 is 117. The van der Waals surface area contributed by atoms with E-state index in [1.54, 1.807) is 6.92 Å². The minimum absolute atomic E-state index is 0.0641. The van der Waals surface area contributed by atoms with Crippen molar-refractivity contribution >= 4 is 33.4 Å². The second-order valence-corrected chi connectivity index (χ2v) is 11.5. The standard InChI is InChI=1S/C25H26F6N2O4S2/c1-2-15-39(35,36)32-18-6-4-7-19(16-18)38-20-8-3-5-17(9-10-21(34)33-11-13-37-14-12-33)22(24(26,27)28)23(20)25(29,30)31/h3-10,16-17,32H,2,11-15H2,1H3/b10-9+. The zero-order chi connectivity index (χ0) is 28.8. The van der Waals surface area contributed by atoms with Gasteiger partial charge in [-0.05, 0) is 30.7 Å². The van der Waals surface area contributed by atoms with Crippen molar-refractivity contribution in [2.24, 2.45) is 5.92 Å². The van der Waals surface area contributed by atoms with E-state index >= 15 is 0 Å². The molecular formula is C25H26F6N2O4S2. The lowest BCUT2D eigenvalue weighted by Crippen LogP contribution is -2.39. The number of allylic oxidation sites excluding steroid dienone is 6. The summed E-state index contributed by atoms with van der Waals surface area (Å²) in [6, 6.07) is 5.36. The SMILES string of the molecule is CCCS(=O)(=O)Nc1cccc(SC2=CC=CC(/C=C/C(=O)N3CCOCC3)C(C(F)(F)F)=C2C(F)(F)F)c1. The first kappa shape index (κ1) is 30.8. The molecular weight excluding hydrogens is 570 g/mol. The van der Waals surface area contributed by atoms with Crippen LogP contribution in [0, 0.1) is 5.92 Å². The molecule has 1 fully saturated rings. The number of carbonyl (C=O) groups is 1. The van der Waals surface area contributed by atoms with E-state index in [0.29, 0.717) is 18.2 Å². The average molecular weight is 597 g/mol. The van der Waals surface area contributed by atoms with Crippen LogP contribution in [0.4, 0.5) is 32.0 Å². The molecule has 214 valence electrons. The molecule has 6 nitrogen and oxygen atoms in total. The molecule has 39 heavy (non-hydrogen) atoms. The van der Waals surface area contributed by atoms with Crippen molar-refractivity contribution in [2.45, 2.75) is 30.6 Å². The van der Waals surface area contributed by atoms with Crippen molar-refractivity contribution < 1.29 is 44.3 Å². The Morgan fingerprint density at radius 2 is 1.85 bits per heavy atom. The van der Waals surface area contributed by atoms with Gasteiger partial charge in [0.05, 0.1) is 30.1 Å². The average Bonchev–Trinajstić information content (AvgIpc) is 3.02. The van der Waals surface area contributed by atoms with Crippen LogP contribution in [0.25, 0.3) is 0 Å². The molecule has 1 atom stereocenters. The first-order valence-electron chi connectivity index (χ1n) is 11.8. The van der Waals surface area contributed by atoms with Crippen molar-refractivity contribution in [3.8, 4) is 0 Å². The van der Waals surface area contributed by atoms with E-state index in [0.717, 1.165) is 30.4 Å². The normalized spacial score (nSPS) is 19.3. The Morgan fingerprint density at radius 1 is 1.15 bits per heavy atom. The van der Waals surface area contributed by atoms with E-state index in [1.807, 2.05) is 0 Å². The van der Waals surface area contributed by atoms with Crippen LogP contribution in [0.5, 0.6) is 0 Å². The third-order valence-electron chi connectivity index (χ3n) is 5.58. The van der Waals surface area contributed by atoms with Crippen LogP contribution in [0.1, 0.15) is 13.3 Å². The van der Waals surface area contributed by atoms with E-state index in [1.165, 1.54) is 29.2 Å². The molecule has 0 radical (unpaired) electrons. The fourth-order valence-corrected chi connectivity index (χ4v) is 6.12. The molecule has 1 unspecified atom stereocenters. The number of carbonyl (C=O) groups excluding carboxylic acids is 1. The van der Waals surface area contributed by atoms with Crippen molar-refractivity contribution in [2.75, 3.05) is 36.8 Å². The van der Waals surface area contributed by atoms with Crippen LogP contribution in [-0.2, 0) is 19.6 Å². The van der Waals surface area contributed by atoms with Crippen LogP contribution in [0.3, 0.4) is 0 Å². The third-order valence-corrected chi connectivity index (χ3v) is 8.12. The zero-order valence-corrected chi connectivity index (χ0v) is 22.3. The Labute approximate surface area is 226 Å². The molecule has 1 aromatic rings. The minimum atomic E-state index is -5.39. The van der Waals surface area contributed by atoms with Gasteiger partial charge in [-0.25, -0.2) is 8.42 Å². The first-order chi connectivity index (χ1) is 18.2. The van der Waals surface area contributed by atoms with Gasteiger partial charge in [0.2, 0.25) is 15.9 Å². The molecule has 2 aliphatic rings. The minimum Gasteiger partial charge on any atom is -0.378 e. The van der Waals surface area contributed by atoms with Gasteiger partial charge in [0.25, 0.3) is 0 Å². The van der Waals surface area contributed by atoms with Crippen LogP contribution < -0.4 is 4.72 Å². The fourth-order valence-electron chi connectivity index (χ4n) is 3.93. The highest BCUT2D eigenvalue weighted by Gasteiger charge is 2.49. The summed E-state index contributed by atoms with van der Waals surface area (Å²) in [5, 5.41) is 0. The maximum absolute atomic E-state index is 14.3. The van der Waals surface area contributed by atoms with Gasteiger partial charge in [-0.15, -0.1) is 0 Å². The number of nitrogens with one attached hydrogen (secondary N) is 1. The van der Waals surface area contributed by atoms with E-state index in [-0.39, 0.29) is 42.6 Å². The topological polar surface area (TPSA) is 75.7 Å². The van der Waals surface area contributed by atoms with Gasteiger partial charge >= 0.3 is 12.4 Å². The Hall–Kier alpha value is -2.71. The van der Waals surface area contributed by atoms with Crippen LogP contribution in [0.15, 0.2) is 75.6 Å². The van der Waals surface area contributed by atoms with Gasteiger partial charge in [-0.1, -0.05) is 43.0 Å². The number of hydrogen-bond acceptors (Lipinski definition) is 5. The number of alkyl halides is 6. The summed E-state index contributed by atoms with van der Waals surface area (Å²) in [6.07, 6.45) is -5.83. The summed E-state index contributed by atoms with van der Waals surface area (Å²) in [6.45, 7) is 2.59. The number of anilines is 1. The second-order valence-electron chi connectivity index (χ2n) is 8.57. The monoisotopic (exact) mass is 596 g/mol. The number of morpholine rings is 1. The highest BCUT2D eigenvalue weighted by atomic mass is 32.2. The van der Waals surface area contributed by atoms with Crippen molar-refractivity contribution in [1.82, 2.24) is 4.90 Å². The van der Waals surface area contributed by atoms with Gasteiger partial charge in [-0.3, -0.25) is 9.52 Å². The van der Waals surface area contributed by atoms with Gasteiger partial charge in [-0.2, -0.15) is 26.3 Å². The molecule has 1 aliphatic heterocycles. The second kappa shape index (κ2) is 12.6. The molecule has 1 amide bonds. The largest absolute Gasteiger partial charge is 0.417 e. The predicted molar refractivity (Wildman–Crippen MR) is 136 cm³/mol. The molecule has 1 aromatic carbocycles. The summed E-state index contributed by atoms with van der Waals surface area (Å²) in [5.41, 5.74) is -3.67. The first-order valence-corrected chi connectivity index (χ1v) is 14.3. The number of amides is 1. The molecule has 1 heterocycles. The summed E-state index contributed by atoms with van der Waals surface area (Å²) in [7, 11) is -3.70. The highest BCUT2D eigenvalue weighted by molar-refractivity contribution is 8.03. The molecule has 14 heteroatoms. The maximum atomic E-state index is 14.3. The molecule has 3 rings (SSSR count). The Balaban J connectivity index is 1.99. The number of sulfonamides is 1. The number of benzene rings is 1. The van der Waals surface area contributed by atoms with Gasteiger partial charge in [0.1, 0.15) is 0 Å². The van der Waals surface area contributed by atoms with Gasteiger partial charge in [0.15, 0.2) is 0 Å². The molecule has 0 spiro atoms. The summed E-state index contributed by atoms with van der Waals surface area (Å²) in [4.78, 5) is 13.1. The summed E-state index contributed by atoms with van der Waals surface area (Å²) in [5.74, 6) is -2.69. The van der Waals surface area contributed by atoms with Crippen molar-refractivity contribution in [1.29, 1.82) is 0 Å². The van der Waals surface area contributed by atoms with E-state index in [4.69, 9.17) is 4.74 Å². The van der Waals surface area contributed by atoms with E-state index in [2.05, 4.69) is 4.72 Å². The lowest BCUT2D eigenvalue weighted by Gasteiger charge is -2.26. The van der Waals surface area contributed by atoms with Gasteiger partial charge < -0.3 is 9.64 Å². The molecule has 0 aromatic heterocycles. The van der Waals surface area contributed by atoms with Gasteiger partial charge in [0, 0.05) is 40.6 Å². The maximum Gasteiger partial charge on any atom is 0.417 e. The van der Waals surface area contributed by atoms with E-state index in [9.17, 15) is 39.6 Å².